The highest BCUT2D eigenvalue weighted by Crippen LogP contribution is 2.35. The molecule has 0 heterocycles. The summed E-state index contributed by atoms with van der Waals surface area (Å²) >= 11 is 0. The van der Waals surface area contributed by atoms with Gasteiger partial charge in [-0.25, -0.2) is 0 Å². The zero-order chi connectivity index (χ0) is 14.8. The smallest absolute Gasteiger partial charge is 0.122 e. The number of rotatable bonds is 4. The minimum absolute atomic E-state index is 0.0506. The highest BCUT2D eigenvalue weighted by Gasteiger charge is 2.25. The van der Waals surface area contributed by atoms with Gasteiger partial charge >= 0.3 is 0 Å². The summed E-state index contributed by atoms with van der Waals surface area (Å²) in [5.41, 5.74) is 8.23. The largest absolute Gasteiger partial charge is 0.496 e. The second-order valence-electron chi connectivity index (χ2n) is 6.71. The van der Waals surface area contributed by atoms with Crippen LogP contribution in [0.25, 0.3) is 0 Å². The SMILES string of the molecule is COc1ccc(N(C)C(C)(C)CN)cc1C(C)(C)C. The van der Waals surface area contributed by atoms with Gasteiger partial charge in [-0.05, 0) is 37.5 Å². The van der Waals surface area contributed by atoms with Crippen molar-refractivity contribution in [2.24, 2.45) is 5.73 Å². The molecule has 0 saturated carbocycles. The van der Waals surface area contributed by atoms with Crippen LogP contribution in [0.1, 0.15) is 40.2 Å². The lowest BCUT2D eigenvalue weighted by Gasteiger charge is -2.37. The van der Waals surface area contributed by atoms with Gasteiger partial charge in [0.25, 0.3) is 0 Å². The molecule has 0 amide bonds. The van der Waals surface area contributed by atoms with E-state index in [-0.39, 0.29) is 11.0 Å². The number of hydrogen-bond donors (Lipinski definition) is 1. The van der Waals surface area contributed by atoms with Gasteiger partial charge in [0.15, 0.2) is 0 Å². The Morgan fingerprint density at radius 2 is 1.74 bits per heavy atom. The topological polar surface area (TPSA) is 38.5 Å². The quantitative estimate of drug-likeness (QED) is 0.908. The minimum atomic E-state index is -0.0657. The molecule has 0 aliphatic carbocycles. The van der Waals surface area contributed by atoms with Crippen LogP contribution in [0.4, 0.5) is 5.69 Å². The summed E-state index contributed by atoms with van der Waals surface area (Å²) in [4.78, 5) is 2.22. The third-order valence-corrected chi connectivity index (χ3v) is 3.79. The van der Waals surface area contributed by atoms with E-state index in [1.54, 1.807) is 7.11 Å². The average Bonchev–Trinajstić information content (AvgIpc) is 2.36. The number of nitrogens with two attached hydrogens (primary N) is 1. The summed E-state index contributed by atoms with van der Waals surface area (Å²) < 4.78 is 5.48. The Morgan fingerprint density at radius 3 is 2.16 bits per heavy atom. The number of likely N-dealkylation sites (N-methyl/N-ethyl adjacent to an activating group) is 1. The Morgan fingerprint density at radius 1 is 1.16 bits per heavy atom. The molecule has 2 N–H and O–H groups in total. The number of methoxy groups -OCH3 is 1. The summed E-state index contributed by atoms with van der Waals surface area (Å²) in [6.45, 7) is 11.5. The summed E-state index contributed by atoms with van der Waals surface area (Å²) in [7, 11) is 3.80. The Kier molecular flexibility index (Phi) is 4.51. The highest BCUT2D eigenvalue weighted by molar-refractivity contribution is 5.56. The summed E-state index contributed by atoms with van der Waals surface area (Å²) in [5.74, 6) is 0.940. The molecule has 0 aliphatic heterocycles. The van der Waals surface area contributed by atoms with E-state index in [4.69, 9.17) is 10.5 Å². The molecule has 3 nitrogen and oxygen atoms in total. The van der Waals surface area contributed by atoms with Crippen LogP contribution in [0, 0.1) is 0 Å². The van der Waals surface area contributed by atoms with Crippen LogP contribution in [0.5, 0.6) is 5.75 Å². The number of anilines is 1. The molecule has 1 aromatic rings. The van der Waals surface area contributed by atoms with Gasteiger partial charge in [-0.15, -0.1) is 0 Å². The van der Waals surface area contributed by atoms with Gasteiger partial charge in [0.05, 0.1) is 7.11 Å². The van der Waals surface area contributed by atoms with Crippen molar-refractivity contribution in [3.63, 3.8) is 0 Å². The van der Waals surface area contributed by atoms with Crippen LogP contribution in [0.2, 0.25) is 0 Å². The van der Waals surface area contributed by atoms with Crippen LogP contribution in [-0.4, -0.2) is 26.2 Å². The first-order chi connectivity index (χ1) is 8.63. The predicted molar refractivity (Wildman–Crippen MR) is 83.2 cm³/mol. The fourth-order valence-electron chi connectivity index (χ4n) is 1.98. The Labute approximate surface area is 117 Å². The lowest BCUT2D eigenvalue weighted by Crippen LogP contribution is -2.47. The second-order valence-corrected chi connectivity index (χ2v) is 6.71. The molecule has 0 aliphatic rings. The van der Waals surface area contributed by atoms with Crippen molar-refractivity contribution in [2.75, 3.05) is 25.6 Å². The van der Waals surface area contributed by atoms with E-state index in [9.17, 15) is 0 Å². The van der Waals surface area contributed by atoms with E-state index in [0.717, 1.165) is 5.75 Å². The predicted octanol–water partition coefficient (Wildman–Crippen LogP) is 3.17. The lowest BCUT2D eigenvalue weighted by atomic mass is 9.85. The van der Waals surface area contributed by atoms with E-state index in [1.165, 1.54) is 11.3 Å². The molecule has 0 radical (unpaired) electrons. The van der Waals surface area contributed by atoms with Gasteiger partial charge in [0.2, 0.25) is 0 Å². The third kappa shape index (κ3) is 3.41. The van der Waals surface area contributed by atoms with Crippen LogP contribution >= 0.6 is 0 Å². The van der Waals surface area contributed by atoms with E-state index in [2.05, 4.69) is 58.7 Å². The molecule has 0 spiro atoms. The van der Waals surface area contributed by atoms with E-state index in [0.29, 0.717) is 6.54 Å². The van der Waals surface area contributed by atoms with Crippen LogP contribution < -0.4 is 15.4 Å². The van der Waals surface area contributed by atoms with Crippen molar-refractivity contribution in [1.29, 1.82) is 0 Å². The Hall–Kier alpha value is -1.22. The second kappa shape index (κ2) is 5.41. The first kappa shape index (κ1) is 15.8. The molecule has 0 atom stereocenters. The molecular formula is C16H28N2O. The van der Waals surface area contributed by atoms with Crippen molar-refractivity contribution >= 4 is 5.69 Å². The van der Waals surface area contributed by atoms with Crippen molar-refractivity contribution < 1.29 is 4.74 Å². The fraction of sp³-hybridized carbons (Fsp3) is 0.625. The molecule has 0 fully saturated rings. The maximum absolute atomic E-state index is 5.86. The van der Waals surface area contributed by atoms with Crippen molar-refractivity contribution in [3.8, 4) is 5.75 Å². The van der Waals surface area contributed by atoms with Gasteiger partial charge in [-0.3, -0.25) is 0 Å². The fourth-order valence-corrected chi connectivity index (χ4v) is 1.98. The zero-order valence-corrected chi connectivity index (χ0v) is 13.4. The van der Waals surface area contributed by atoms with Crippen LogP contribution in [0.15, 0.2) is 18.2 Å². The highest BCUT2D eigenvalue weighted by atomic mass is 16.5. The molecule has 108 valence electrons. The number of benzene rings is 1. The third-order valence-electron chi connectivity index (χ3n) is 3.79. The van der Waals surface area contributed by atoms with Gasteiger partial charge in [-0.2, -0.15) is 0 Å². The number of nitrogens with zero attached hydrogens (tertiary/aromatic N) is 1. The van der Waals surface area contributed by atoms with Gasteiger partial charge in [0, 0.05) is 30.4 Å². The molecule has 1 rings (SSSR count). The first-order valence-corrected chi connectivity index (χ1v) is 6.76. The van der Waals surface area contributed by atoms with Gasteiger partial charge in [0.1, 0.15) is 5.75 Å². The van der Waals surface area contributed by atoms with E-state index >= 15 is 0 Å². The minimum Gasteiger partial charge on any atom is -0.496 e. The maximum atomic E-state index is 5.86. The molecule has 0 saturated heterocycles. The Bertz CT molecular complexity index is 433. The van der Waals surface area contributed by atoms with Crippen molar-refractivity contribution in [3.05, 3.63) is 23.8 Å². The average molecular weight is 264 g/mol. The summed E-state index contributed by atoms with van der Waals surface area (Å²) in [6, 6.07) is 6.33. The normalized spacial score (nSPS) is 12.4. The van der Waals surface area contributed by atoms with E-state index in [1.807, 2.05) is 6.07 Å². The molecular weight excluding hydrogens is 236 g/mol. The monoisotopic (exact) mass is 264 g/mol. The molecule has 0 unspecified atom stereocenters. The number of ether oxygens (including phenoxy) is 1. The number of hydrogen-bond acceptors (Lipinski definition) is 3. The van der Waals surface area contributed by atoms with Gasteiger partial charge < -0.3 is 15.4 Å². The van der Waals surface area contributed by atoms with Crippen molar-refractivity contribution in [2.45, 2.75) is 45.6 Å². The van der Waals surface area contributed by atoms with Crippen molar-refractivity contribution in [1.82, 2.24) is 0 Å². The molecule has 0 aromatic heterocycles. The van der Waals surface area contributed by atoms with E-state index < -0.39 is 0 Å². The lowest BCUT2D eigenvalue weighted by molar-refractivity contribution is 0.397. The maximum Gasteiger partial charge on any atom is 0.122 e. The Balaban J connectivity index is 3.26. The molecule has 1 aromatic carbocycles. The van der Waals surface area contributed by atoms with Crippen LogP contribution in [0.3, 0.4) is 0 Å². The molecule has 0 bridgehead atoms. The standard InChI is InChI=1S/C16H28N2O/c1-15(2,3)13-10-12(8-9-14(13)19-7)18(6)16(4,5)11-17/h8-10H,11,17H2,1-7H3. The molecule has 19 heavy (non-hydrogen) atoms. The van der Waals surface area contributed by atoms with Gasteiger partial charge in [-0.1, -0.05) is 20.8 Å². The van der Waals surface area contributed by atoms with Crippen LogP contribution in [-0.2, 0) is 5.41 Å². The summed E-state index contributed by atoms with van der Waals surface area (Å²) in [6.07, 6.45) is 0. The molecule has 3 heteroatoms. The first-order valence-electron chi connectivity index (χ1n) is 6.76. The summed E-state index contributed by atoms with van der Waals surface area (Å²) in [5, 5.41) is 0. The zero-order valence-electron chi connectivity index (χ0n) is 13.4.